The van der Waals surface area contributed by atoms with Crippen molar-refractivity contribution in [2.45, 2.75) is 31.4 Å². The summed E-state index contributed by atoms with van der Waals surface area (Å²) in [5.74, 6) is 1.32. The summed E-state index contributed by atoms with van der Waals surface area (Å²) < 4.78 is 11.6. The first-order valence-corrected chi connectivity index (χ1v) is 10.8. The highest BCUT2D eigenvalue weighted by Crippen LogP contribution is 2.36. The van der Waals surface area contributed by atoms with Crippen molar-refractivity contribution in [1.82, 2.24) is 10.2 Å². The maximum absolute atomic E-state index is 12.7. The highest BCUT2D eigenvalue weighted by molar-refractivity contribution is 6.30. The lowest BCUT2D eigenvalue weighted by Gasteiger charge is -2.44. The molecule has 0 aliphatic carbocycles. The van der Waals surface area contributed by atoms with Crippen molar-refractivity contribution in [3.8, 4) is 16.9 Å². The Bertz CT molecular complexity index is 911. The van der Waals surface area contributed by atoms with Gasteiger partial charge in [-0.15, -0.1) is 0 Å². The van der Waals surface area contributed by atoms with Crippen LogP contribution in [-0.2, 0) is 4.74 Å². The normalized spacial score (nSPS) is 27.6. The fourth-order valence-corrected chi connectivity index (χ4v) is 4.94. The minimum Gasteiger partial charge on any atom is -0.493 e. The van der Waals surface area contributed by atoms with Gasteiger partial charge in [0.1, 0.15) is 11.9 Å². The van der Waals surface area contributed by atoms with Gasteiger partial charge in [0.25, 0.3) is 0 Å². The number of fused-ring (bicyclic) bond motifs is 4. The summed E-state index contributed by atoms with van der Waals surface area (Å²) in [6.45, 7) is 3.70. The number of amides is 1. The summed E-state index contributed by atoms with van der Waals surface area (Å²) in [5, 5.41) is 3.79. The van der Waals surface area contributed by atoms with Crippen LogP contribution in [0.1, 0.15) is 30.9 Å². The van der Waals surface area contributed by atoms with Crippen LogP contribution in [0.25, 0.3) is 11.1 Å². The molecular weight excluding hydrogens is 388 g/mol. The Balaban J connectivity index is 1.32. The average Bonchev–Trinajstić information content (AvgIpc) is 2.74. The average molecular weight is 413 g/mol. The Labute approximate surface area is 175 Å². The van der Waals surface area contributed by atoms with E-state index in [1.54, 1.807) is 0 Å². The third-order valence-electron chi connectivity index (χ3n) is 6.35. The monoisotopic (exact) mass is 412 g/mol. The number of rotatable bonds is 3. The Kier molecular flexibility index (Phi) is 5.10. The Morgan fingerprint density at radius 1 is 1.10 bits per heavy atom. The summed E-state index contributed by atoms with van der Waals surface area (Å²) in [6.07, 6.45) is 2.66. The van der Waals surface area contributed by atoms with E-state index in [0.717, 1.165) is 61.3 Å². The van der Waals surface area contributed by atoms with E-state index in [2.05, 4.69) is 16.3 Å². The lowest BCUT2D eigenvalue weighted by atomic mass is 9.86. The SMILES string of the molecule is O=C(NC1CCOc2ccc(-c3cccc(Cl)c3)cc21)O[C@H]1CN2CCC1CC2. The van der Waals surface area contributed by atoms with Crippen molar-refractivity contribution in [3.05, 3.63) is 53.1 Å². The van der Waals surface area contributed by atoms with Crippen LogP contribution in [0.4, 0.5) is 4.79 Å². The van der Waals surface area contributed by atoms with E-state index in [-0.39, 0.29) is 18.2 Å². The van der Waals surface area contributed by atoms with Crippen LogP contribution in [0.2, 0.25) is 5.02 Å². The molecule has 4 aliphatic heterocycles. The maximum Gasteiger partial charge on any atom is 0.407 e. The van der Waals surface area contributed by atoms with Gasteiger partial charge < -0.3 is 14.8 Å². The zero-order valence-electron chi connectivity index (χ0n) is 16.3. The van der Waals surface area contributed by atoms with Gasteiger partial charge in [-0.3, -0.25) is 4.90 Å². The van der Waals surface area contributed by atoms with Gasteiger partial charge in [0.05, 0.1) is 12.6 Å². The molecule has 2 aromatic rings. The van der Waals surface area contributed by atoms with E-state index in [1.807, 2.05) is 36.4 Å². The van der Waals surface area contributed by atoms with Crippen molar-refractivity contribution in [1.29, 1.82) is 0 Å². The van der Waals surface area contributed by atoms with Crippen molar-refractivity contribution < 1.29 is 14.3 Å². The number of halogens is 1. The Morgan fingerprint density at radius 2 is 1.93 bits per heavy atom. The lowest BCUT2D eigenvalue weighted by molar-refractivity contribution is -0.0342. The second kappa shape index (κ2) is 7.88. The van der Waals surface area contributed by atoms with Crippen LogP contribution in [0.3, 0.4) is 0 Å². The van der Waals surface area contributed by atoms with E-state index >= 15 is 0 Å². The first kappa shape index (κ1) is 18.8. The third kappa shape index (κ3) is 3.94. The van der Waals surface area contributed by atoms with Crippen LogP contribution >= 0.6 is 11.6 Å². The van der Waals surface area contributed by atoms with Gasteiger partial charge in [0.2, 0.25) is 0 Å². The smallest absolute Gasteiger partial charge is 0.407 e. The van der Waals surface area contributed by atoms with Crippen molar-refractivity contribution in [3.63, 3.8) is 0 Å². The fourth-order valence-electron chi connectivity index (χ4n) is 4.75. The standard InChI is InChI=1S/C23H25ClN2O3/c24-18-3-1-2-16(12-18)17-4-5-21-19(13-17)20(8-11-28-21)25-23(27)29-22-14-26-9-6-15(22)7-10-26/h1-5,12-13,15,20,22H,6-11,14H2,(H,25,27)/t20?,22-/m0/s1. The maximum atomic E-state index is 12.7. The number of nitrogens with one attached hydrogen (secondary N) is 1. The second-order valence-corrected chi connectivity index (χ2v) is 8.62. The molecule has 0 radical (unpaired) electrons. The van der Waals surface area contributed by atoms with Gasteiger partial charge in [0, 0.05) is 23.6 Å². The quantitative estimate of drug-likeness (QED) is 0.797. The predicted octanol–water partition coefficient (Wildman–Crippen LogP) is 4.65. The molecule has 2 bridgehead atoms. The summed E-state index contributed by atoms with van der Waals surface area (Å²) in [6, 6.07) is 13.7. The number of carbonyl (C=O) groups is 1. The van der Waals surface area contributed by atoms with Crippen molar-refractivity contribution >= 4 is 17.7 Å². The molecule has 5 nitrogen and oxygen atoms in total. The first-order valence-electron chi connectivity index (χ1n) is 10.4. The van der Waals surface area contributed by atoms with E-state index < -0.39 is 0 Å². The molecule has 2 atom stereocenters. The van der Waals surface area contributed by atoms with Gasteiger partial charge in [-0.2, -0.15) is 0 Å². The van der Waals surface area contributed by atoms with E-state index in [4.69, 9.17) is 21.1 Å². The molecule has 0 spiro atoms. The third-order valence-corrected chi connectivity index (χ3v) is 6.59. The minimum absolute atomic E-state index is 0.00889. The highest BCUT2D eigenvalue weighted by atomic mass is 35.5. The van der Waals surface area contributed by atoms with E-state index in [0.29, 0.717) is 17.5 Å². The molecule has 0 saturated carbocycles. The molecule has 1 amide bonds. The number of hydrogen-bond acceptors (Lipinski definition) is 4. The van der Waals surface area contributed by atoms with Crippen LogP contribution in [0, 0.1) is 5.92 Å². The van der Waals surface area contributed by atoms with E-state index in [9.17, 15) is 4.79 Å². The summed E-state index contributed by atoms with van der Waals surface area (Å²) in [7, 11) is 0. The van der Waals surface area contributed by atoms with Crippen LogP contribution in [0.15, 0.2) is 42.5 Å². The fraction of sp³-hybridized carbons (Fsp3) is 0.435. The lowest BCUT2D eigenvalue weighted by Crippen LogP contribution is -2.52. The number of carbonyl (C=O) groups excluding carboxylic acids is 1. The zero-order chi connectivity index (χ0) is 19.8. The minimum atomic E-state index is -0.324. The molecule has 2 aromatic carbocycles. The number of ether oxygens (including phenoxy) is 2. The highest BCUT2D eigenvalue weighted by Gasteiger charge is 2.37. The molecule has 3 saturated heterocycles. The van der Waals surface area contributed by atoms with Gasteiger partial charge in [-0.05, 0) is 67.2 Å². The summed E-state index contributed by atoms with van der Waals surface area (Å²) in [5.41, 5.74) is 3.08. The molecule has 152 valence electrons. The largest absolute Gasteiger partial charge is 0.493 e. The van der Waals surface area contributed by atoms with Gasteiger partial charge in [-0.1, -0.05) is 29.8 Å². The van der Waals surface area contributed by atoms with Crippen LogP contribution in [-0.4, -0.2) is 43.3 Å². The molecule has 1 N–H and O–H groups in total. The second-order valence-electron chi connectivity index (χ2n) is 8.18. The molecule has 4 heterocycles. The molecule has 6 rings (SSSR count). The molecule has 4 aliphatic rings. The van der Waals surface area contributed by atoms with Gasteiger partial charge >= 0.3 is 6.09 Å². The molecular formula is C23H25ClN2O3. The van der Waals surface area contributed by atoms with Gasteiger partial charge in [0.15, 0.2) is 0 Å². The zero-order valence-corrected chi connectivity index (χ0v) is 17.0. The topological polar surface area (TPSA) is 50.8 Å². The number of hydrogen-bond donors (Lipinski definition) is 1. The first-order chi connectivity index (χ1) is 14.2. The van der Waals surface area contributed by atoms with Crippen molar-refractivity contribution in [2.24, 2.45) is 5.92 Å². The number of nitrogens with zero attached hydrogens (tertiary/aromatic N) is 1. The summed E-state index contributed by atoms with van der Waals surface area (Å²) in [4.78, 5) is 15.0. The molecule has 0 aromatic heterocycles. The van der Waals surface area contributed by atoms with Gasteiger partial charge in [-0.25, -0.2) is 4.79 Å². The molecule has 3 fully saturated rings. The number of benzene rings is 2. The number of alkyl carbamates (subject to hydrolysis) is 1. The van der Waals surface area contributed by atoms with Crippen LogP contribution in [0.5, 0.6) is 5.75 Å². The molecule has 1 unspecified atom stereocenters. The Morgan fingerprint density at radius 3 is 2.69 bits per heavy atom. The predicted molar refractivity (Wildman–Crippen MR) is 112 cm³/mol. The van der Waals surface area contributed by atoms with Crippen LogP contribution < -0.4 is 10.1 Å². The molecule has 6 heteroatoms. The van der Waals surface area contributed by atoms with E-state index in [1.165, 1.54) is 0 Å². The molecule has 29 heavy (non-hydrogen) atoms. The van der Waals surface area contributed by atoms with Crippen molar-refractivity contribution in [2.75, 3.05) is 26.2 Å². The Hall–Kier alpha value is -2.24. The summed E-state index contributed by atoms with van der Waals surface area (Å²) >= 11 is 6.15. The number of piperidine rings is 3.